The van der Waals surface area contributed by atoms with Crippen molar-refractivity contribution in [2.75, 3.05) is 7.05 Å². The van der Waals surface area contributed by atoms with E-state index in [1.807, 2.05) is 37.1 Å². The molecule has 7 heteroatoms. The number of nitrogens with one attached hydrogen (secondary N) is 1. The zero-order chi connectivity index (χ0) is 17.1. The van der Waals surface area contributed by atoms with Crippen LogP contribution in [0.5, 0.6) is 0 Å². The largest absolute Gasteiger partial charge is 0.338 e. The highest BCUT2D eigenvalue weighted by Crippen LogP contribution is 2.18. The minimum absolute atomic E-state index is 0.0696. The van der Waals surface area contributed by atoms with Crippen LogP contribution in [0.3, 0.4) is 0 Å². The van der Waals surface area contributed by atoms with E-state index in [9.17, 15) is 4.79 Å². The van der Waals surface area contributed by atoms with Gasteiger partial charge in [-0.2, -0.15) is 4.98 Å². The molecule has 0 aliphatic heterocycles. The number of hydrogen-bond acceptors (Lipinski definition) is 6. The van der Waals surface area contributed by atoms with Gasteiger partial charge in [0.1, 0.15) is 5.82 Å². The van der Waals surface area contributed by atoms with Crippen LogP contribution in [-0.4, -0.2) is 32.1 Å². The van der Waals surface area contributed by atoms with Gasteiger partial charge in [-0.05, 0) is 32.5 Å². The molecule has 3 rings (SSSR count). The lowest BCUT2D eigenvalue weighted by molar-refractivity contribution is 0.198. The molecule has 0 unspecified atom stereocenters. The molecule has 0 aliphatic rings. The summed E-state index contributed by atoms with van der Waals surface area (Å²) >= 11 is 0. The van der Waals surface area contributed by atoms with E-state index in [1.165, 1.54) is 0 Å². The van der Waals surface area contributed by atoms with E-state index in [1.54, 1.807) is 6.07 Å². The molecule has 0 saturated heterocycles. The molecule has 1 N–H and O–H groups in total. The van der Waals surface area contributed by atoms with Gasteiger partial charge in [-0.15, -0.1) is 0 Å². The van der Waals surface area contributed by atoms with Gasteiger partial charge < -0.3 is 9.51 Å². The average molecular weight is 327 g/mol. The smallest absolute Gasteiger partial charge is 0.258 e. The zero-order valence-electron chi connectivity index (χ0n) is 14.1. The van der Waals surface area contributed by atoms with Gasteiger partial charge in [-0.3, -0.25) is 9.69 Å². The molecule has 1 aromatic carbocycles. The molecule has 0 bridgehead atoms. The van der Waals surface area contributed by atoms with E-state index < -0.39 is 0 Å². The van der Waals surface area contributed by atoms with E-state index in [-0.39, 0.29) is 11.6 Å². The second kappa shape index (κ2) is 6.92. The maximum Gasteiger partial charge on any atom is 0.258 e. The van der Waals surface area contributed by atoms with Gasteiger partial charge in [0.2, 0.25) is 5.89 Å². The van der Waals surface area contributed by atoms with Crippen LogP contribution in [0.1, 0.15) is 43.8 Å². The molecule has 0 radical (unpaired) electrons. The Hall–Kier alpha value is -2.54. The third-order valence-electron chi connectivity index (χ3n) is 4.04. The van der Waals surface area contributed by atoms with Crippen LogP contribution in [0.25, 0.3) is 10.9 Å². The van der Waals surface area contributed by atoms with Crippen LogP contribution in [-0.2, 0) is 13.0 Å². The normalized spacial score (nSPS) is 12.8. The number of rotatable bonds is 6. The lowest BCUT2D eigenvalue weighted by atomic mass is 10.2. The molecule has 24 heavy (non-hydrogen) atoms. The minimum Gasteiger partial charge on any atom is -0.338 e. The summed E-state index contributed by atoms with van der Waals surface area (Å²) < 4.78 is 5.34. The van der Waals surface area contributed by atoms with Gasteiger partial charge in [-0.25, -0.2) is 4.98 Å². The quantitative estimate of drug-likeness (QED) is 0.748. The molecular weight excluding hydrogens is 306 g/mol. The van der Waals surface area contributed by atoms with Crippen molar-refractivity contribution in [2.24, 2.45) is 0 Å². The highest BCUT2D eigenvalue weighted by atomic mass is 16.5. The summed E-state index contributed by atoms with van der Waals surface area (Å²) in [6, 6.07) is 7.24. The lowest BCUT2D eigenvalue weighted by Crippen LogP contribution is -2.25. The summed E-state index contributed by atoms with van der Waals surface area (Å²) in [6.45, 7) is 4.54. The summed E-state index contributed by atoms with van der Waals surface area (Å²) in [5, 5.41) is 4.58. The Kier molecular flexibility index (Phi) is 4.71. The Bertz CT molecular complexity index is 886. The summed E-state index contributed by atoms with van der Waals surface area (Å²) in [7, 11) is 1.93. The van der Waals surface area contributed by atoms with Gasteiger partial charge in [0, 0.05) is 6.42 Å². The summed E-state index contributed by atoms with van der Waals surface area (Å²) in [5.74, 6) is 1.91. The molecule has 2 aromatic heterocycles. The van der Waals surface area contributed by atoms with Crippen LogP contribution < -0.4 is 5.56 Å². The van der Waals surface area contributed by atoms with Crippen molar-refractivity contribution in [3.63, 3.8) is 0 Å². The molecule has 126 valence electrons. The van der Waals surface area contributed by atoms with E-state index in [0.717, 1.165) is 18.7 Å². The third-order valence-corrected chi connectivity index (χ3v) is 4.04. The number of fused-ring (bicyclic) bond motifs is 1. The fraction of sp³-hybridized carbons (Fsp3) is 0.412. The molecule has 0 saturated carbocycles. The number of aromatic nitrogens is 4. The van der Waals surface area contributed by atoms with Gasteiger partial charge in [0.05, 0.1) is 23.5 Å². The van der Waals surface area contributed by atoms with Crippen molar-refractivity contribution in [3.05, 3.63) is 52.2 Å². The van der Waals surface area contributed by atoms with Crippen molar-refractivity contribution >= 4 is 10.9 Å². The van der Waals surface area contributed by atoms with Crippen molar-refractivity contribution in [1.82, 2.24) is 25.0 Å². The monoisotopic (exact) mass is 327 g/mol. The number of para-hydroxylation sites is 1. The first-order chi connectivity index (χ1) is 11.6. The molecule has 3 aromatic rings. The van der Waals surface area contributed by atoms with Gasteiger partial charge in [-0.1, -0.05) is 24.2 Å². The zero-order valence-corrected chi connectivity index (χ0v) is 14.1. The van der Waals surface area contributed by atoms with Crippen LogP contribution in [0.2, 0.25) is 0 Å². The van der Waals surface area contributed by atoms with Crippen LogP contribution in [0.4, 0.5) is 0 Å². The molecule has 2 heterocycles. The first-order valence-corrected chi connectivity index (χ1v) is 8.09. The Balaban J connectivity index is 1.78. The van der Waals surface area contributed by atoms with E-state index >= 15 is 0 Å². The first kappa shape index (κ1) is 16.3. The molecular formula is C17H21N5O2. The molecule has 7 nitrogen and oxygen atoms in total. The van der Waals surface area contributed by atoms with Crippen LogP contribution in [0, 0.1) is 0 Å². The first-order valence-electron chi connectivity index (χ1n) is 8.09. The fourth-order valence-electron chi connectivity index (χ4n) is 2.53. The Labute approximate surface area is 139 Å². The third kappa shape index (κ3) is 3.35. The van der Waals surface area contributed by atoms with Crippen LogP contribution in [0.15, 0.2) is 33.6 Å². The van der Waals surface area contributed by atoms with Crippen LogP contribution >= 0.6 is 0 Å². The number of aryl methyl sites for hydroxylation is 1. The molecule has 0 spiro atoms. The number of nitrogens with zero attached hydrogens (tertiary/aromatic N) is 4. The predicted octanol–water partition coefficient (Wildman–Crippen LogP) is 2.45. The molecule has 0 fully saturated rings. The van der Waals surface area contributed by atoms with Crippen molar-refractivity contribution in [3.8, 4) is 0 Å². The van der Waals surface area contributed by atoms with Crippen molar-refractivity contribution in [1.29, 1.82) is 0 Å². The second-order valence-corrected chi connectivity index (χ2v) is 5.92. The highest BCUT2D eigenvalue weighted by molar-refractivity contribution is 5.77. The Morgan fingerprint density at radius 1 is 1.29 bits per heavy atom. The molecule has 1 atom stereocenters. The minimum atomic E-state index is -0.125. The molecule has 0 amide bonds. The maximum atomic E-state index is 12.1. The highest BCUT2D eigenvalue weighted by Gasteiger charge is 2.19. The van der Waals surface area contributed by atoms with Crippen molar-refractivity contribution < 1.29 is 4.52 Å². The Morgan fingerprint density at radius 2 is 2.08 bits per heavy atom. The SMILES string of the molecule is CCCc1noc([C@H](C)N(C)Cc2nc3ccccc3c(=O)[nH]2)n1. The van der Waals surface area contributed by atoms with E-state index in [2.05, 4.69) is 27.0 Å². The number of hydrogen-bond donors (Lipinski definition) is 1. The number of aromatic amines is 1. The van der Waals surface area contributed by atoms with Gasteiger partial charge >= 0.3 is 0 Å². The second-order valence-electron chi connectivity index (χ2n) is 5.92. The maximum absolute atomic E-state index is 12.1. The van der Waals surface area contributed by atoms with Gasteiger partial charge in [0.15, 0.2) is 5.82 Å². The van der Waals surface area contributed by atoms with E-state index in [0.29, 0.717) is 29.2 Å². The predicted molar refractivity (Wildman–Crippen MR) is 90.5 cm³/mol. The molecule has 0 aliphatic carbocycles. The summed E-state index contributed by atoms with van der Waals surface area (Å²) in [5.41, 5.74) is 0.569. The fourth-order valence-corrected chi connectivity index (χ4v) is 2.53. The van der Waals surface area contributed by atoms with E-state index in [4.69, 9.17) is 4.52 Å². The standard InChI is InChI=1S/C17H21N5O2/c1-4-7-14-20-17(24-21-14)11(2)22(3)10-15-18-13-9-6-5-8-12(13)16(23)19-15/h5-6,8-9,11H,4,7,10H2,1-3H3,(H,18,19,23)/t11-/m0/s1. The number of benzene rings is 1. The lowest BCUT2D eigenvalue weighted by Gasteiger charge is -2.20. The summed E-state index contributed by atoms with van der Waals surface area (Å²) in [6.07, 6.45) is 1.78. The van der Waals surface area contributed by atoms with Crippen molar-refractivity contribution in [2.45, 2.75) is 39.3 Å². The topological polar surface area (TPSA) is 87.9 Å². The number of H-pyrrole nitrogens is 1. The summed E-state index contributed by atoms with van der Waals surface area (Å²) in [4.78, 5) is 25.9. The Morgan fingerprint density at radius 3 is 2.88 bits per heavy atom. The average Bonchev–Trinajstić information content (AvgIpc) is 3.03. The van der Waals surface area contributed by atoms with Gasteiger partial charge in [0.25, 0.3) is 5.56 Å².